The number of hydrogen-bond acceptors (Lipinski definition) is 2. The van der Waals surface area contributed by atoms with Crippen molar-refractivity contribution in [3.05, 3.63) is 0 Å². The standard InChI is InChI=1S/C25H48O2S/c1-4-6-8-9-10-12-22-13-15-23(16-14-22)24-17-20-25(21-18-24,28(3,26)27)19-11-7-5-2/h22-24H,4-21H2,1-3H3. The molecule has 0 radical (unpaired) electrons. The topological polar surface area (TPSA) is 34.1 Å². The number of sulfone groups is 1. The highest BCUT2D eigenvalue weighted by molar-refractivity contribution is 7.92. The fourth-order valence-corrected chi connectivity index (χ4v) is 7.62. The first-order chi connectivity index (χ1) is 13.4. The molecular weight excluding hydrogens is 364 g/mol. The van der Waals surface area contributed by atoms with Gasteiger partial charge in [0.2, 0.25) is 0 Å². The molecule has 0 N–H and O–H groups in total. The van der Waals surface area contributed by atoms with E-state index >= 15 is 0 Å². The van der Waals surface area contributed by atoms with Crippen LogP contribution >= 0.6 is 0 Å². The maximum atomic E-state index is 12.6. The minimum absolute atomic E-state index is 0.394. The zero-order valence-corrected chi connectivity index (χ0v) is 20.0. The van der Waals surface area contributed by atoms with Crippen LogP contribution in [0.2, 0.25) is 0 Å². The van der Waals surface area contributed by atoms with Gasteiger partial charge in [-0.3, -0.25) is 0 Å². The lowest BCUT2D eigenvalue weighted by Crippen LogP contribution is -2.43. The van der Waals surface area contributed by atoms with Crippen molar-refractivity contribution < 1.29 is 8.42 Å². The van der Waals surface area contributed by atoms with Crippen molar-refractivity contribution in [3.63, 3.8) is 0 Å². The van der Waals surface area contributed by atoms with E-state index in [-0.39, 0.29) is 0 Å². The lowest BCUT2D eigenvalue weighted by atomic mass is 9.68. The van der Waals surface area contributed by atoms with Crippen LogP contribution in [0, 0.1) is 17.8 Å². The molecule has 2 aliphatic carbocycles. The maximum absolute atomic E-state index is 12.6. The monoisotopic (exact) mass is 412 g/mol. The largest absolute Gasteiger partial charge is 0.229 e. The smallest absolute Gasteiger partial charge is 0.153 e. The van der Waals surface area contributed by atoms with Gasteiger partial charge in [0, 0.05) is 6.26 Å². The lowest BCUT2D eigenvalue weighted by Gasteiger charge is -2.43. The van der Waals surface area contributed by atoms with Crippen molar-refractivity contribution in [1.82, 2.24) is 0 Å². The number of hydrogen-bond donors (Lipinski definition) is 0. The van der Waals surface area contributed by atoms with Gasteiger partial charge in [0.1, 0.15) is 0 Å². The van der Waals surface area contributed by atoms with Crippen molar-refractivity contribution in [1.29, 1.82) is 0 Å². The average Bonchev–Trinajstić information content (AvgIpc) is 2.68. The van der Waals surface area contributed by atoms with Gasteiger partial charge >= 0.3 is 0 Å². The Morgan fingerprint density at radius 3 is 1.82 bits per heavy atom. The average molecular weight is 413 g/mol. The molecule has 2 nitrogen and oxygen atoms in total. The molecule has 2 rings (SSSR count). The third-order valence-corrected chi connectivity index (χ3v) is 10.4. The SMILES string of the molecule is CCCCCCCC1CCC(C2CCC(CCCCC)(S(C)(=O)=O)CC2)CC1. The molecule has 0 aromatic heterocycles. The number of unbranched alkanes of at least 4 members (excludes halogenated alkanes) is 6. The molecule has 0 heterocycles. The van der Waals surface area contributed by atoms with Crippen LogP contribution in [0.15, 0.2) is 0 Å². The summed E-state index contributed by atoms with van der Waals surface area (Å²) >= 11 is 0. The Labute approximate surface area is 176 Å². The molecule has 0 aliphatic heterocycles. The second-order valence-corrected chi connectivity index (χ2v) is 12.6. The molecule has 0 aromatic carbocycles. The van der Waals surface area contributed by atoms with E-state index in [2.05, 4.69) is 13.8 Å². The highest BCUT2D eigenvalue weighted by atomic mass is 32.2. The molecule has 2 fully saturated rings. The Kier molecular flexibility index (Phi) is 10.3. The molecule has 0 unspecified atom stereocenters. The van der Waals surface area contributed by atoms with E-state index in [0.29, 0.717) is 0 Å². The number of rotatable bonds is 12. The first-order valence-electron chi connectivity index (χ1n) is 12.6. The summed E-state index contributed by atoms with van der Waals surface area (Å²) in [5, 5.41) is 0. The Morgan fingerprint density at radius 1 is 0.714 bits per heavy atom. The summed E-state index contributed by atoms with van der Waals surface area (Å²) in [6.07, 6.45) is 24.2. The van der Waals surface area contributed by atoms with Gasteiger partial charge in [0.25, 0.3) is 0 Å². The van der Waals surface area contributed by atoms with E-state index in [0.717, 1.165) is 56.3 Å². The van der Waals surface area contributed by atoms with Gasteiger partial charge in [-0.05, 0) is 62.7 Å². The molecule has 2 saturated carbocycles. The van der Waals surface area contributed by atoms with E-state index < -0.39 is 14.6 Å². The van der Waals surface area contributed by atoms with Gasteiger partial charge in [-0.2, -0.15) is 0 Å². The zero-order chi connectivity index (χ0) is 20.5. The fraction of sp³-hybridized carbons (Fsp3) is 1.00. The summed E-state index contributed by atoms with van der Waals surface area (Å²) in [6.45, 7) is 4.49. The molecule has 0 atom stereocenters. The molecule has 0 aromatic rings. The van der Waals surface area contributed by atoms with Crippen LogP contribution < -0.4 is 0 Å². The van der Waals surface area contributed by atoms with Crippen LogP contribution in [-0.4, -0.2) is 19.4 Å². The molecule has 2 aliphatic rings. The Bertz CT molecular complexity index is 509. The van der Waals surface area contributed by atoms with Gasteiger partial charge in [-0.15, -0.1) is 0 Å². The third-order valence-electron chi connectivity index (χ3n) is 8.24. The summed E-state index contributed by atoms with van der Waals surface area (Å²) in [5.74, 6) is 2.65. The van der Waals surface area contributed by atoms with Gasteiger partial charge in [0.05, 0.1) is 4.75 Å². The van der Waals surface area contributed by atoms with Crippen LogP contribution in [0.25, 0.3) is 0 Å². The molecule has 166 valence electrons. The van der Waals surface area contributed by atoms with Gasteiger partial charge in [0.15, 0.2) is 9.84 Å². The van der Waals surface area contributed by atoms with E-state index in [1.54, 1.807) is 0 Å². The van der Waals surface area contributed by atoms with Gasteiger partial charge in [-0.25, -0.2) is 8.42 Å². The third kappa shape index (κ3) is 7.03. The maximum Gasteiger partial charge on any atom is 0.153 e. The van der Waals surface area contributed by atoms with Crippen LogP contribution in [0.5, 0.6) is 0 Å². The summed E-state index contributed by atoms with van der Waals surface area (Å²) < 4.78 is 24.8. The molecule has 0 saturated heterocycles. The molecule has 0 amide bonds. The van der Waals surface area contributed by atoms with E-state index in [4.69, 9.17) is 0 Å². The predicted octanol–water partition coefficient (Wildman–Crippen LogP) is 7.71. The summed E-state index contributed by atoms with van der Waals surface area (Å²) in [7, 11) is -2.95. The molecule has 3 heteroatoms. The second kappa shape index (κ2) is 12.0. The minimum atomic E-state index is -2.95. The van der Waals surface area contributed by atoms with Crippen LogP contribution in [0.4, 0.5) is 0 Å². The van der Waals surface area contributed by atoms with E-state index in [1.807, 2.05) is 0 Å². The Morgan fingerprint density at radius 2 is 1.25 bits per heavy atom. The minimum Gasteiger partial charge on any atom is -0.229 e. The van der Waals surface area contributed by atoms with Crippen LogP contribution in [0.3, 0.4) is 0 Å². The van der Waals surface area contributed by atoms with Gasteiger partial charge in [-0.1, -0.05) is 84.5 Å². The van der Waals surface area contributed by atoms with Crippen molar-refractivity contribution in [2.75, 3.05) is 6.26 Å². The fourth-order valence-electron chi connectivity index (χ4n) is 6.13. The second-order valence-electron chi connectivity index (χ2n) is 10.2. The first kappa shape index (κ1) is 24.2. The highest BCUT2D eigenvalue weighted by Gasteiger charge is 2.44. The van der Waals surface area contributed by atoms with Crippen molar-refractivity contribution >= 4 is 9.84 Å². The quantitative estimate of drug-likeness (QED) is 0.308. The predicted molar refractivity (Wildman–Crippen MR) is 122 cm³/mol. The van der Waals surface area contributed by atoms with Crippen LogP contribution in [0.1, 0.15) is 129 Å². The molecule has 28 heavy (non-hydrogen) atoms. The lowest BCUT2D eigenvalue weighted by molar-refractivity contribution is 0.145. The highest BCUT2D eigenvalue weighted by Crippen LogP contribution is 2.47. The zero-order valence-electron chi connectivity index (χ0n) is 19.2. The van der Waals surface area contributed by atoms with Crippen molar-refractivity contribution in [2.45, 2.75) is 134 Å². The summed E-state index contributed by atoms with van der Waals surface area (Å²) in [5.41, 5.74) is 0. The molecule has 0 spiro atoms. The Hall–Kier alpha value is -0.0500. The summed E-state index contributed by atoms with van der Waals surface area (Å²) in [6, 6.07) is 0. The first-order valence-corrected chi connectivity index (χ1v) is 14.5. The van der Waals surface area contributed by atoms with Gasteiger partial charge < -0.3 is 0 Å². The van der Waals surface area contributed by atoms with E-state index in [9.17, 15) is 8.42 Å². The molecule has 0 bridgehead atoms. The molecular formula is C25H48O2S. The van der Waals surface area contributed by atoms with E-state index in [1.165, 1.54) is 83.3 Å². The van der Waals surface area contributed by atoms with Crippen molar-refractivity contribution in [3.8, 4) is 0 Å². The summed E-state index contributed by atoms with van der Waals surface area (Å²) in [4.78, 5) is 0. The van der Waals surface area contributed by atoms with Crippen LogP contribution in [-0.2, 0) is 9.84 Å². The van der Waals surface area contributed by atoms with Crippen molar-refractivity contribution in [2.24, 2.45) is 17.8 Å². The normalized spacial score (nSPS) is 31.8. The Balaban J connectivity index is 1.74.